The molecular weight excluding hydrogens is 507 g/mol. The van der Waals surface area contributed by atoms with Gasteiger partial charge in [-0.1, -0.05) is 6.92 Å². The normalized spacial score (nSPS) is 17.7. The first-order valence-corrected chi connectivity index (χ1v) is 12.4. The standard InChI is InChI=1S/C27H26F3NO7/c1-2-11-35-26(33)16-5-7-17(8-6-16)37-24-22(32)19-9-10-21-20(23(19)38-25(24)27(28,29)30)14-31(15-36-21)13-18-4-3-12-34-18/h5-10,18H,2-4,11-15H2,1H3. The van der Waals surface area contributed by atoms with Crippen LogP contribution in [0.3, 0.4) is 0 Å². The third-order valence-corrected chi connectivity index (χ3v) is 6.35. The van der Waals surface area contributed by atoms with Crippen molar-refractivity contribution in [3.8, 4) is 17.2 Å². The van der Waals surface area contributed by atoms with E-state index in [0.717, 1.165) is 12.8 Å². The van der Waals surface area contributed by atoms with Crippen molar-refractivity contribution in [1.82, 2.24) is 4.90 Å². The molecule has 3 aromatic rings. The van der Waals surface area contributed by atoms with Crippen molar-refractivity contribution in [3.05, 3.63) is 63.5 Å². The Morgan fingerprint density at radius 1 is 1.16 bits per heavy atom. The number of alkyl halides is 3. The maximum Gasteiger partial charge on any atom is 0.453 e. The first-order chi connectivity index (χ1) is 18.2. The van der Waals surface area contributed by atoms with E-state index in [2.05, 4.69) is 0 Å². The maximum absolute atomic E-state index is 14.1. The molecule has 0 bridgehead atoms. The lowest BCUT2D eigenvalue weighted by Crippen LogP contribution is -2.37. The zero-order valence-corrected chi connectivity index (χ0v) is 20.6. The smallest absolute Gasteiger partial charge is 0.453 e. The van der Waals surface area contributed by atoms with Gasteiger partial charge in [0.1, 0.15) is 23.8 Å². The molecule has 3 heterocycles. The molecule has 1 aromatic heterocycles. The van der Waals surface area contributed by atoms with Gasteiger partial charge in [-0.25, -0.2) is 4.79 Å². The van der Waals surface area contributed by atoms with Gasteiger partial charge in [0, 0.05) is 19.7 Å². The van der Waals surface area contributed by atoms with Gasteiger partial charge in [0.2, 0.25) is 11.2 Å². The SMILES string of the molecule is CCCOC(=O)c1ccc(Oc2c(C(F)(F)F)oc3c4c(ccc3c2=O)OCN(CC2CCCO2)C4)cc1. The lowest BCUT2D eigenvalue weighted by Gasteiger charge is -2.30. The molecule has 38 heavy (non-hydrogen) atoms. The minimum absolute atomic E-state index is 0.0211. The molecule has 202 valence electrons. The summed E-state index contributed by atoms with van der Waals surface area (Å²) in [6, 6.07) is 8.19. The van der Waals surface area contributed by atoms with Crippen LogP contribution in [0.15, 0.2) is 45.6 Å². The molecule has 1 unspecified atom stereocenters. The lowest BCUT2D eigenvalue weighted by atomic mass is 10.1. The summed E-state index contributed by atoms with van der Waals surface area (Å²) in [4.78, 5) is 27.2. The molecule has 1 fully saturated rings. The number of nitrogens with zero attached hydrogens (tertiary/aromatic N) is 1. The number of hydrogen-bond donors (Lipinski definition) is 0. The number of benzene rings is 2. The summed E-state index contributed by atoms with van der Waals surface area (Å²) in [7, 11) is 0. The average molecular weight is 533 g/mol. The maximum atomic E-state index is 14.1. The summed E-state index contributed by atoms with van der Waals surface area (Å²) in [6.45, 7) is 3.81. The lowest BCUT2D eigenvalue weighted by molar-refractivity contribution is -0.154. The van der Waals surface area contributed by atoms with Crippen molar-refractivity contribution in [2.45, 2.75) is 45.0 Å². The predicted molar refractivity (Wildman–Crippen MR) is 129 cm³/mol. The zero-order valence-electron chi connectivity index (χ0n) is 20.6. The molecule has 0 radical (unpaired) electrons. The Bertz CT molecular complexity index is 1380. The summed E-state index contributed by atoms with van der Waals surface area (Å²) in [5.74, 6) is -2.82. The minimum atomic E-state index is -5.01. The minimum Gasteiger partial charge on any atom is -0.478 e. The Morgan fingerprint density at radius 3 is 2.63 bits per heavy atom. The first-order valence-electron chi connectivity index (χ1n) is 12.4. The largest absolute Gasteiger partial charge is 0.478 e. The number of rotatable bonds is 7. The molecule has 0 aliphatic carbocycles. The van der Waals surface area contributed by atoms with Gasteiger partial charge in [0.25, 0.3) is 5.76 Å². The molecule has 0 amide bonds. The fourth-order valence-electron chi connectivity index (χ4n) is 4.52. The Kier molecular flexibility index (Phi) is 7.31. The molecule has 2 aromatic carbocycles. The fraction of sp³-hybridized carbons (Fsp3) is 0.407. The Labute approximate surface area is 215 Å². The van der Waals surface area contributed by atoms with E-state index < -0.39 is 29.1 Å². The quantitative estimate of drug-likeness (QED) is 0.368. The number of fused-ring (bicyclic) bond motifs is 3. The molecule has 5 rings (SSSR count). The molecule has 0 N–H and O–H groups in total. The Balaban J connectivity index is 1.49. The molecule has 1 saturated heterocycles. The second-order valence-electron chi connectivity index (χ2n) is 9.19. The van der Waals surface area contributed by atoms with Gasteiger partial charge in [-0.2, -0.15) is 13.2 Å². The van der Waals surface area contributed by atoms with E-state index in [-0.39, 0.29) is 48.3 Å². The second-order valence-corrected chi connectivity index (χ2v) is 9.19. The highest BCUT2D eigenvalue weighted by Gasteiger charge is 2.41. The number of carbonyl (C=O) groups is 1. The summed E-state index contributed by atoms with van der Waals surface area (Å²) < 4.78 is 69.5. The Morgan fingerprint density at radius 2 is 1.95 bits per heavy atom. The van der Waals surface area contributed by atoms with Gasteiger partial charge in [-0.15, -0.1) is 0 Å². The topological polar surface area (TPSA) is 87.4 Å². The van der Waals surface area contributed by atoms with E-state index >= 15 is 0 Å². The van der Waals surface area contributed by atoms with Crippen LogP contribution in [0.1, 0.15) is 47.9 Å². The van der Waals surface area contributed by atoms with E-state index in [1.807, 2.05) is 11.8 Å². The third kappa shape index (κ3) is 5.34. The number of esters is 1. The van der Waals surface area contributed by atoms with Crippen LogP contribution in [0.4, 0.5) is 13.2 Å². The van der Waals surface area contributed by atoms with Crippen molar-refractivity contribution in [3.63, 3.8) is 0 Å². The van der Waals surface area contributed by atoms with Crippen LogP contribution in [-0.2, 0) is 22.2 Å². The molecular formula is C27H26F3NO7. The van der Waals surface area contributed by atoms with Gasteiger partial charge in [-0.3, -0.25) is 9.69 Å². The van der Waals surface area contributed by atoms with Crippen LogP contribution >= 0.6 is 0 Å². The molecule has 2 aliphatic heterocycles. The average Bonchev–Trinajstić information content (AvgIpc) is 3.41. The van der Waals surface area contributed by atoms with Crippen molar-refractivity contribution < 1.29 is 41.3 Å². The van der Waals surface area contributed by atoms with E-state index in [0.29, 0.717) is 30.9 Å². The molecule has 8 nitrogen and oxygen atoms in total. The number of hydrogen-bond acceptors (Lipinski definition) is 8. The zero-order chi connectivity index (χ0) is 26.9. The van der Waals surface area contributed by atoms with Gasteiger partial charge >= 0.3 is 12.1 Å². The summed E-state index contributed by atoms with van der Waals surface area (Å²) >= 11 is 0. The molecule has 11 heteroatoms. The van der Waals surface area contributed by atoms with Crippen LogP contribution in [-0.4, -0.2) is 43.5 Å². The van der Waals surface area contributed by atoms with E-state index in [1.54, 1.807) is 6.07 Å². The monoisotopic (exact) mass is 533 g/mol. The highest BCUT2D eigenvalue weighted by molar-refractivity contribution is 5.89. The third-order valence-electron chi connectivity index (χ3n) is 6.35. The Hall–Kier alpha value is -3.57. The predicted octanol–water partition coefficient (Wildman–Crippen LogP) is 5.50. The van der Waals surface area contributed by atoms with Gasteiger partial charge in [0.15, 0.2) is 0 Å². The van der Waals surface area contributed by atoms with Crippen molar-refractivity contribution in [1.29, 1.82) is 0 Å². The second kappa shape index (κ2) is 10.7. The van der Waals surface area contributed by atoms with Crippen molar-refractivity contribution in [2.24, 2.45) is 0 Å². The molecule has 0 spiro atoms. The van der Waals surface area contributed by atoms with Crippen molar-refractivity contribution in [2.75, 3.05) is 26.5 Å². The number of carbonyl (C=O) groups excluding carboxylic acids is 1. The van der Waals surface area contributed by atoms with Crippen LogP contribution in [0, 0.1) is 0 Å². The highest BCUT2D eigenvalue weighted by Crippen LogP contribution is 2.41. The van der Waals surface area contributed by atoms with E-state index in [1.165, 1.54) is 30.3 Å². The van der Waals surface area contributed by atoms with E-state index in [9.17, 15) is 22.8 Å². The van der Waals surface area contributed by atoms with E-state index in [4.69, 9.17) is 23.4 Å². The van der Waals surface area contributed by atoms with Gasteiger partial charge < -0.3 is 23.4 Å². The van der Waals surface area contributed by atoms with Crippen LogP contribution in [0.2, 0.25) is 0 Å². The summed E-state index contributed by atoms with van der Waals surface area (Å²) in [5.41, 5.74) is -0.607. The van der Waals surface area contributed by atoms with Crippen molar-refractivity contribution >= 4 is 16.9 Å². The first kappa shape index (κ1) is 26.1. The number of ether oxygens (including phenoxy) is 4. The highest BCUT2D eigenvalue weighted by atomic mass is 19.4. The molecule has 1 atom stereocenters. The van der Waals surface area contributed by atoms with Gasteiger partial charge in [0.05, 0.1) is 29.2 Å². The van der Waals surface area contributed by atoms with Gasteiger partial charge in [-0.05, 0) is 55.7 Å². The van der Waals surface area contributed by atoms with Crippen LogP contribution in [0.5, 0.6) is 17.2 Å². The molecule has 2 aliphatic rings. The summed E-state index contributed by atoms with van der Waals surface area (Å²) in [5, 5.41) is -0.0610. The summed E-state index contributed by atoms with van der Waals surface area (Å²) in [6.07, 6.45) is -2.49. The molecule has 0 saturated carbocycles. The fourth-order valence-corrected chi connectivity index (χ4v) is 4.52. The number of halogens is 3. The van der Waals surface area contributed by atoms with Crippen LogP contribution in [0.25, 0.3) is 11.0 Å². The van der Waals surface area contributed by atoms with Crippen LogP contribution < -0.4 is 14.9 Å².